The Morgan fingerprint density at radius 3 is 2.81 bits per heavy atom. The molecule has 0 saturated carbocycles. The number of hydrogen-bond acceptors (Lipinski definition) is 4. The molecular weight excluding hydrogens is 346 g/mol. The lowest BCUT2D eigenvalue weighted by Crippen LogP contribution is -2.31. The van der Waals surface area contributed by atoms with E-state index in [0.717, 1.165) is 18.4 Å². The van der Waals surface area contributed by atoms with Crippen molar-refractivity contribution in [1.82, 2.24) is 5.32 Å². The molecule has 0 fully saturated rings. The topological polar surface area (TPSA) is 55.4 Å². The molecule has 0 spiro atoms. The molecule has 0 aliphatic heterocycles. The standard InChI is InChI=1S/C21H25NO3S/c1-3-15-9-10-18-17(11-15)12-19(26-18)21(24)25-13-20(23)22-14(2)16-7-5-4-6-8-16/h4-8,12,14-15H,3,9-11,13H2,1-2H3,(H,22,23)/t14-,15+/m1/s1. The molecule has 5 heteroatoms. The molecule has 0 bridgehead atoms. The lowest BCUT2D eigenvalue weighted by atomic mass is 9.87. The van der Waals surface area contributed by atoms with Crippen molar-refractivity contribution in [1.29, 1.82) is 0 Å². The first kappa shape index (κ1) is 18.6. The second kappa shape index (κ2) is 8.49. The van der Waals surface area contributed by atoms with Crippen LogP contribution < -0.4 is 5.32 Å². The third-order valence-corrected chi connectivity index (χ3v) is 6.19. The van der Waals surface area contributed by atoms with Crippen LogP contribution in [0, 0.1) is 5.92 Å². The van der Waals surface area contributed by atoms with Crippen LogP contribution in [0.25, 0.3) is 0 Å². The lowest BCUT2D eigenvalue weighted by molar-refractivity contribution is -0.124. The Balaban J connectivity index is 1.51. The lowest BCUT2D eigenvalue weighted by Gasteiger charge is -2.19. The van der Waals surface area contributed by atoms with Crippen LogP contribution >= 0.6 is 11.3 Å². The van der Waals surface area contributed by atoms with E-state index >= 15 is 0 Å². The maximum absolute atomic E-state index is 12.3. The number of nitrogens with one attached hydrogen (secondary N) is 1. The second-order valence-electron chi connectivity index (χ2n) is 6.85. The van der Waals surface area contributed by atoms with Gasteiger partial charge in [-0.3, -0.25) is 4.79 Å². The molecule has 1 aromatic carbocycles. The first-order valence-corrected chi connectivity index (χ1v) is 10.0. The fourth-order valence-electron chi connectivity index (χ4n) is 3.36. The molecule has 138 valence electrons. The van der Waals surface area contributed by atoms with Gasteiger partial charge in [0.2, 0.25) is 0 Å². The summed E-state index contributed by atoms with van der Waals surface area (Å²) in [6, 6.07) is 11.5. The number of esters is 1. The van der Waals surface area contributed by atoms with Gasteiger partial charge >= 0.3 is 5.97 Å². The van der Waals surface area contributed by atoms with E-state index in [1.807, 2.05) is 43.3 Å². The Morgan fingerprint density at radius 2 is 2.08 bits per heavy atom. The molecule has 2 aromatic rings. The summed E-state index contributed by atoms with van der Waals surface area (Å²) in [7, 11) is 0. The van der Waals surface area contributed by atoms with Crippen molar-refractivity contribution in [3.05, 3.63) is 57.3 Å². The van der Waals surface area contributed by atoms with E-state index in [0.29, 0.717) is 10.8 Å². The largest absolute Gasteiger partial charge is 0.451 e. The van der Waals surface area contributed by atoms with Crippen molar-refractivity contribution in [2.24, 2.45) is 5.92 Å². The highest BCUT2D eigenvalue weighted by atomic mass is 32.1. The minimum absolute atomic E-state index is 0.123. The average Bonchev–Trinajstić information content (AvgIpc) is 3.10. The van der Waals surface area contributed by atoms with Gasteiger partial charge in [0.05, 0.1) is 6.04 Å². The molecule has 1 amide bonds. The summed E-state index contributed by atoms with van der Waals surface area (Å²) in [6.45, 7) is 3.87. The van der Waals surface area contributed by atoms with Gasteiger partial charge in [-0.1, -0.05) is 43.7 Å². The van der Waals surface area contributed by atoms with Gasteiger partial charge in [0.1, 0.15) is 4.88 Å². The zero-order valence-electron chi connectivity index (χ0n) is 15.3. The zero-order chi connectivity index (χ0) is 18.5. The summed E-state index contributed by atoms with van der Waals surface area (Å²) in [5, 5.41) is 2.85. The molecule has 4 nitrogen and oxygen atoms in total. The molecular formula is C21H25NO3S. The van der Waals surface area contributed by atoms with Gasteiger partial charge in [0, 0.05) is 4.88 Å². The van der Waals surface area contributed by atoms with Crippen LogP contribution in [-0.4, -0.2) is 18.5 Å². The van der Waals surface area contributed by atoms with Gasteiger partial charge in [-0.25, -0.2) is 4.79 Å². The smallest absolute Gasteiger partial charge is 0.348 e. The maximum atomic E-state index is 12.3. The number of ether oxygens (including phenoxy) is 1. The Hall–Kier alpha value is -2.14. The summed E-state index contributed by atoms with van der Waals surface area (Å²) < 4.78 is 5.22. The van der Waals surface area contributed by atoms with Gasteiger partial charge < -0.3 is 10.1 Å². The van der Waals surface area contributed by atoms with E-state index in [9.17, 15) is 9.59 Å². The van der Waals surface area contributed by atoms with Crippen LogP contribution in [0.5, 0.6) is 0 Å². The van der Waals surface area contributed by atoms with Crippen LogP contribution in [0.4, 0.5) is 0 Å². The number of carbonyl (C=O) groups excluding carboxylic acids is 2. The highest BCUT2D eigenvalue weighted by molar-refractivity contribution is 7.14. The summed E-state index contributed by atoms with van der Waals surface area (Å²) >= 11 is 1.51. The van der Waals surface area contributed by atoms with E-state index in [-0.39, 0.29) is 18.6 Å². The SMILES string of the molecule is CC[C@H]1CCc2sc(C(=O)OCC(=O)N[C@H](C)c3ccccc3)cc2C1. The van der Waals surface area contributed by atoms with Gasteiger partial charge in [0.25, 0.3) is 5.91 Å². The molecule has 0 unspecified atom stereocenters. The number of aryl methyl sites for hydroxylation is 1. The summed E-state index contributed by atoms with van der Waals surface area (Å²) in [4.78, 5) is 26.2. The molecule has 1 aliphatic rings. The molecule has 1 heterocycles. The highest BCUT2D eigenvalue weighted by Crippen LogP contribution is 2.33. The van der Waals surface area contributed by atoms with E-state index < -0.39 is 5.97 Å². The molecule has 1 N–H and O–H groups in total. The fraction of sp³-hybridized carbons (Fsp3) is 0.429. The highest BCUT2D eigenvalue weighted by Gasteiger charge is 2.23. The third-order valence-electron chi connectivity index (χ3n) is 4.97. The summed E-state index contributed by atoms with van der Waals surface area (Å²) in [5.74, 6) is 0.0215. The molecule has 1 aliphatic carbocycles. The monoisotopic (exact) mass is 371 g/mol. The first-order valence-electron chi connectivity index (χ1n) is 9.19. The third kappa shape index (κ3) is 4.52. The van der Waals surface area contributed by atoms with Crippen LogP contribution in [0.3, 0.4) is 0 Å². The minimum atomic E-state index is -0.403. The molecule has 26 heavy (non-hydrogen) atoms. The van der Waals surface area contributed by atoms with E-state index in [4.69, 9.17) is 4.74 Å². The molecule has 2 atom stereocenters. The normalized spacial score (nSPS) is 17.2. The fourth-order valence-corrected chi connectivity index (χ4v) is 4.46. The van der Waals surface area contributed by atoms with Crippen molar-refractivity contribution in [2.45, 2.75) is 45.6 Å². The number of amides is 1. The van der Waals surface area contributed by atoms with E-state index in [1.165, 1.54) is 34.6 Å². The van der Waals surface area contributed by atoms with Gasteiger partial charge in [-0.2, -0.15) is 0 Å². The molecule has 3 rings (SSSR count). The predicted molar refractivity (Wildman–Crippen MR) is 103 cm³/mol. The predicted octanol–water partition coefficient (Wildman–Crippen LogP) is 4.30. The van der Waals surface area contributed by atoms with Crippen LogP contribution in [0.2, 0.25) is 0 Å². The number of carbonyl (C=O) groups is 2. The first-order chi connectivity index (χ1) is 12.6. The Bertz CT molecular complexity index is 769. The number of rotatable bonds is 6. The van der Waals surface area contributed by atoms with Gasteiger partial charge in [-0.05, 0) is 49.3 Å². The molecule has 0 saturated heterocycles. The van der Waals surface area contributed by atoms with Crippen molar-refractivity contribution < 1.29 is 14.3 Å². The van der Waals surface area contributed by atoms with Gasteiger partial charge in [-0.15, -0.1) is 11.3 Å². The number of benzene rings is 1. The van der Waals surface area contributed by atoms with Crippen LogP contribution in [-0.2, 0) is 22.4 Å². The van der Waals surface area contributed by atoms with Crippen molar-refractivity contribution >= 4 is 23.2 Å². The number of fused-ring (bicyclic) bond motifs is 1. The van der Waals surface area contributed by atoms with Crippen LogP contribution in [0.1, 0.15) is 58.4 Å². The van der Waals surface area contributed by atoms with Crippen LogP contribution in [0.15, 0.2) is 36.4 Å². The van der Waals surface area contributed by atoms with Crippen molar-refractivity contribution in [3.63, 3.8) is 0 Å². The minimum Gasteiger partial charge on any atom is -0.451 e. The second-order valence-corrected chi connectivity index (χ2v) is 7.99. The quantitative estimate of drug-likeness (QED) is 0.771. The van der Waals surface area contributed by atoms with Crippen molar-refractivity contribution in [2.75, 3.05) is 6.61 Å². The summed E-state index contributed by atoms with van der Waals surface area (Å²) in [5.41, 5.74) is 2.30. The average molecular weight is 372 g/mol. The Labute approximate surface area is 158 Å². The number of hydrogen-bond donors (Lipinski definition) is 1. The Kier molecular flexibility index (Phi) is 6.09. The maximum Gasteiger partial charge on any atom is 0.348 e. The summed E-state index contributed by atoms with van der Waals surface area (Å²) in [6.07, 6.45) is 4.46. The van der Waals surface area contributed by atoms with E-state index in [1.54, 1.807) is 0 Å². The van der Waals surface area contributed by atoms with Gasteiger partial charge in [0.15, 0.2) is 6.61 Å². The molecule has 0 radical (unpaired) electrons. The Morgan fingerprint density at radius 1 is 1.31 bits per heavy atom. The van der Waals surface area contributed by atoms with E-state index in [2.05, 4.69) is 12.2 Å². The zero-order valence-corrected chi connectivity index (χ0v) is 16.1. The molecule has 1 aromatic heterocycles. The number of thiophene rings is 1. The van der Waals surface area contributed by atoms with Crippen molar-refractivity contribution in [3.8, 4) is 0 Å².